The van der Waals surface area contributed by atoms with Crippen LogP contribution in [0.1, 0.15) is 6.42 Å². The van der Waals surface area contributed by atoms with Gasteiger partial charge in [-0.1, -0.05) is 18.2 Å². The predicted octanol–water partition coefficient (Wildman–Crippen LogP) is 2.11. The van der Waals surface area contributed by atoms with Crippen molar-refractivity contribution in [1.82, 2.24) is 15.6 Å². The number of hydrogen-bond acceptors (Lipinski definition) is 4. The van der Waals surface area contributed by atoms with Crippen molar-refractivity contribution in [3.05, 3.63) is 48.7 Å². The summed E-state index contributed by atoms with van der Waals surface area (Å²) < 4.78 is 0. The second-order valence-electron chi connectivity index (χ2n) is 6.12. The predicted molar refractivity (Wildman–Crippen MR) is 94.8 cm³/mol. The van der Waals surface area contributed by atoms with E-state index in [2.05, 4.69) is 20.5 Å². The number of amides is 2. The molecule has 124 valence electrons. The summed E-state index contributed by atoms with van der Waals surface area (Å²) in [5.41, 5.74) is 1.94. The van der Waals surface area contributed by atoms with Gasteiger partial charge in [-0.05, 0) is 37.2 Å². The molecule has 3 heterocycles. The van der Waals surface area contributed by atoms with Gasteiger partial charge in [-0.15, -0.1) is 0 Å². The van der Waals surface area contributed by atoms with Gasteiger partial charge in [0.1, 0.15) is 5.82 Å². The molecule has 1 unspecified atom stereocenters. The number of rotatable bonds is 2. The summed E-state index contributed by atoms with van der Waals surface area (Å²) in [7, 11) is 0. The van der Waals surface area contributed by atoms with Crippen LogP contribution in [0.4, 0.5) is 22.0 Å². The zero-order chi connectivity index (χ0) is 16.4. The summed E-state index contributed by atoms with van der Waals surface area (Å²) in [5, 5.41) is 6.41. The van der Waals surface area contributed by atoms with E-state index in [1.165, 1.54) is 0 Å². The number of anilines is 3. The van der Waals surface area contributed by atoms with Crippen molar-refractivity contribution in [3.8, 4) is 0 Å². The van der Waals surface area contributed by atoms with Gasteiger partial charge in [0.15, 0.2) is 0 Å². The highest BCUT2D eigenvalue weighted by Gasteiger charge is 2.29. The van der Waals surface area contributed by atoms with Gasteiger partial charge in [-0.2, -0.15) is 0 Å². The molecular weight excluding hydrogens is 302 g/mol. The Morgan fingerprint density at radius 1 is 1.12 bits per heavy atom. The molecule has 0 aliphatic carbocycles. The van der Waals surface area contributed by atoms with Gasteiger partial charge < -0.3 is 15.5 Å². The van der Waals surface area contributed by atoms with E-state index in [9.17, 15) is 4.79 Å². The van der Waals surface area contributed by atoms with Crippen LogP contribution in [-0.4, -0.2) is 43.2 Å². The van der Waals surface area contributed by atoms with Crippen LogP contribution in [0, 0.1) is 0 Å². The van der Waals surface area contributed by atoms with Gasteiger partial charge in [0, 0.05) is 31.9 Å². The molecule has 0 saturated carbocycles. The molecule has 1 saturated heterocycles. The number of carbonyl (C=O) groups excluding carboxylic acids is 1. The number of carbonyl (C=O) groups is 1. The van der Waals surface area contributed by atoms with Crippen molar-refractivity contribution in [3.63, 3.8) is 0 Å². The van der Waals surface area contributed by atoms with Crippen molar-refractivity contribution in [2.45, 2.75) is 12.5 Å². The lowest BCUT2D eigenvalue weighted by molar-refractivity contribution is 0.243. The van der Waals surface area contributed by atoms with Crippen molar-refractivity contribution in [2.24, 2.45) is 0 Å². The Balaban J connectivity index is 1.60. The Labute approximate surface area is 141 Å². The number of nitrogens with one attached hydrogen (secondary N) is 2. The summed E-state index contributed by atoms with van der Waals surface area (Å²) in [6, 6.07) is 14.1. The van der Waals surface area contributed by atoms with Crippen LogP contribution in [-0.2, 0) is 0 Å². The van der Waals surface area contributed by atoms with Gasteiger partial charge >= 0.3 is 6.03 Å². The van der Waals surface area contributed by atoms with E-state index in [-0.39, 0.29) is 12.1 Å². The fourth-order valence-corrected chi connectivity index (χ4v) is 3.35. The Bertz CT molecular complexity index is 714. The van der Waals surface area contributed by atoms with E-state index >= 15 is 0 Å². The summed E-state index contributed by atoms with van der Waals surface area (Å²) in [4.78, 5) is 21.2. The van der Waals surface area contributed by atoms with Crippen LogP contribution in [0.25, 0.3) is 0 Å². The molecule has 1 atom stereocenters. The second-order valence-corrected chi connectivity index (χ2v) is 6.12. The number of para-hydroxylation sites is 2. The highest BCUT2D eigenvalue weighted by molar-refractivity contribution is 5.97. The Morgan fingerprint density at radius 2 is 1.96 bits per heavy atom. The zero-order valence-corrected chi connectivity index (χ0v) is 13.5. The molecule has 0 bridgehead atoms. The average Bonchev–Trinajstić information content (AvgIpc) is 3.14. The standard InChI is InChI=1S/C18H21N5O/c24-18(21-14-8-10-19-13-14)23-12-11-22(17-7-3-4-9-20-17)15-5-1-2-6-16(15)23/h1-7,9,14,19H,8,10-13H2,(H,21,24). The average molecular weight is 323 g/mol. The minimum atomic E-state index is -0.0168. The third kappa shape index (κ3) is 2.80. The molecule has 4 rings (SSSR count). The highest BCUT2D eigenvalue weighted by Crippen LogP contribution is 2.36. The first kappa shape index (κ1) is 15.0. The number of aromatic nitrogens is 1. The lowest BCUT2D eigenvalue weighted by atomic mass is 10.1. The number of fused-ring (bicyclic) bond motifs is 1. The maximum absolute atomic E-state index is 12.7. The van der Waals surface area contributed by atoms with Gasteiger partial charge in [0.25, 0.3) is 0 Å². The van der Waals surface area contributed by atoms with E-state index in [0.29, 0.717) is 6.54 Å². The molecule has 2 amide bonds. The van der Waals surface area contributed by atoms with Crippen molar-refractivity contribution < 1.29 is 4.79 Å². The molecule has 0 spiro atoms. The molecule has 2 aromatic rings. The van der Waals surface area contributed by atoms with Crippen LogP contribution in [0.2, 0.25) is 0 Å². The van der Waals surface area contributed by atoms with E-state index in [4.69, 9.17) is 0 Å². The SMILES string of the molecule is O=C(NC1CCNC1)N1CCN(c2ccccn2)c2ccccc21. The minimum absolute atomic E-state index is 0.0168. The number of benzene rings is 1. The number of nitrogens with zero attached hydrogens (tertiary/aromatic N) is 3. The van der Waals surface area contributed by atoms with Crippen LogP contribution in [0.3, 0.4) is 0 Å². The number of urea groups is 1. The first-order valence-electron chi connectivity index (χ1n) is 8.39. The quantitative estimate of drug-likeness (QED) is 0.889. The maximum Gasteiger partial charge on any atom is 0.322 e. The summed E-state index contributed by atoms with van der Waals surface area (Å²) >= 11 is 0. The third-order valence-corrected chi connectivity index (χ3v) is 4.57. The van der Waals surface area contributed by atoms with Crippen LogP contribution < -0.4 is 20.4 Å². The number of pyridine rings is 1. The molecule has 2 aliphatic rings. The molecule has 2 N–H and O–H groups in total. The van der Waals surface area contributed by atoms with E-state index in [1.807, 2.05) is 47.4 Å². The molecule has 6 heteroatoms. The Morgan fingerprint density at radius 3 is 2.71 bits per heavy atom. The van der Waals surface area contributed by atoms with Crippen molar-refractivity contribution in [1.29, 1.82) is 0 Å². The molecule has 24 heavy (non-hydrogen) atoms. The van der Waals surface area contributed by atoms with Gasteiger partial charge in [-0.25, -0.2) is 9.78 Å². The first-order valence-corrected chi connectivity index (χ1v) is 8.39. The smallest absolute Gasteiger partial charge is 0.322 e. The lowest BCUT2D eigenvalue weighted by Gasteiger charge is -2.37. The van der Waals surface area contributed by atoms with Gasteiger partial charge in [0.2, 0.25) is 0 Å². The van der Waals surface area contributed by atoms with Crippen molar-refractivity contribution in [2.75, 3.05) is 36.0 Å². The van der Waals surface area contributed by atoms with Crippen molar-refractivity contribution >= 4 is 23.2 Å². The summed E-state index contributed by atoms with van der Waals surface area (Å²) in [6.45, 7) is 3.18. The molecule has 1 aromatic carbocycles. The largest absolute Gasteiger partial charge is 0.334 e. The molecule has 1 aromatic heterocycles. The Hall–Kier alpha value is -2.60. The monoisotopic (exact) mass is 323 g/mol. The molecule has 6 nitrogen and oxygen atoms in total. The zero-order valence-electron chi connectivity index (χ0n) is 13.5. The van der Waals surface area contributed by atoms with Crippen LogP contribution in [0.15, 0.2) is 48.7 Å². The first-order chi connectivity index (χ1) is 11.8. The van der Waals surface area contributed by atoms with E-state index in [0.717, 1.165) is 43.2 Å². The normalized spacial score (nSPS) is 19.9. The van der Waals surface area contributed by atoms with Gasteiger partial charge in [0.05, 0.1) is 11.4 Å². The summed E-state index contributed by atoms with van der Waals surface area (Å²) in [5.74, 6) is 0.907. The van der Waals surface area contributed by atoms with Crippen LogP contribution >= 0.6 is 0 Å². The fraction of sp³-hybridized carbons (Fsp3) is 0.333. The molecular formula is C18H21N5O. The third-order valence-electron chi connectivity index (χ3n) is 4.57. The van der Waals surface area contributed by atoms with Crippen LogP contribution in [0.5, 0.6) is 0 Å². The van der Waals surface area contributed by atoms with E-state index < -0.39 is 0 Å². The fourth-order valence-electron chi connectivity index (χ4n) is 3.35. The lowest BCUT2D eigenvalue weighted by Crippen LogP contribution is -2.50. The topological polar surface area (TPSA) is 60.5 Å². The van der Waals surface area contributed by atoms with Gasteiger partial charge in [-0.3, -0.25) is 4.90 Å². The minimum Gasteiger partial charge on any atom is -0.334 e. The highest BCUT2D eigenvalue weighted by atomic mass is 16.2. The second kappa shape index (κ2) is 6.49. The maximum atomic E-state index is 12.7. The molecule has 1 fully saturated rings. The molecule has 0 radical (unpaired) electrons. The summed E-state index contributed by atoms with van der Waals surface area (Å²) in [6.07, 6.45) is 2.78. The van der Waals surface area contributed by atoms with E-state index in [1.54, 1.807) is 6.20 Å². The number of hydrogen-bond donors (Lipinski definition) is 2. The Kier molecular flexibility index (Phi) is 4.04. The molecule has 2 aliphatic heterocycles.